The number of ether oxygens (including phenoxy) is 1. The molecule has 0 spiro atoms. The van der Waals surface area contributed by atoms with Gasteiger partial charge in [-0.15, -0.1) is 0 Å². The van der Waals surface area contributed by atoms with Crippen molar-refractivity contribution >= 4 is 0 Å². The molecule has 0 saturated carbocycles. The van der Waals surface area contributed by atoms with Crippen LogP contribution in [0.15, 0.2) is 24.3 Å². The summed E-state index contributed by atoms with van der Waals surface area (Å²) in [6.45, 7) is 5.65. The van der Waals surface area contributed by atoms with Gasteiger partial charge < -0.3 is 10.5 Å². The molecule has 0 aliphatic carbocycles. The van der Waals surface area contributed by atoms with Crippen molar-refractivity contribution in [1.29, 1.82) is 0 Å². The second kappa shape index (κ2) is 5.66. The van der Waals surface area contributed by atoms with Gasteiger partial charge in [-0.1, -0.05) is 19.1 Å². The summed E-state index contributed by atoms with van der Waals surface area (Å²) in [5, 5.41) is 0. The van der Waals surface area contributed by atoms with Gasteiger partial charge >= 0.3 is 0 Å². The summed E-state index contributed by atoms with van der Waals surface area (Å²) in [4.78, 5) is 0. The van der Waals surface area contributed by atoms with Gasteiger partial charge in [0, 0.05) is 0 Å². The zero-order chi connectivity index (χ0) is 10.4. The van der Waals surface area contributed by atoms with Gasteiger partial charge in [-0.25, -0.2) is 0 Å². The van der Waals surface area contributed by atoms with Gasteiger partial charge in [0.25, 0.3) is 0 Å². The number of nitrogens with two attached hydrogens (primary N) is 1. The van der Waals surface area contributed by atoms with E-state index in [1.165, 1.54) is 5.56 Å². The van der Waals surface area contributed by atoms with E-state index in [1.54, 1.807) is 0 Å². The molecule has 1 aromatic rings. The second-order valence-electron chi connectivity index (χ2n) is 3.48. The Balaban J connectivity index is 2.62. The van der Waals surface area contributed by atoms with Crippen molar-refractivity contribution in [1.82, 2.24) is 0 Å². The summed E-state index contributed by atoms with van der Waals surface area (Å²) in [5.41, 5.74) is 6.85. The molecule has 78 valence electrons. The first-order chi connectivity index (χ1) is 6.77. The Bertz CT molecular complexity index is 256. The minimum atomic E-state index is 0.538. The van der Waals surface area contributed by atoms with Crippen molar-refractivity contribution in [3.05, 3.63) is 29.8 Å². The van der Waals surface area contributed by atoms with Crippen LogP contribution >= 0.6 is 0 Å². The van der Waals surface area contributed by atoms with Gasteiger partial charge in [0.05, 0.1) is 6.61 Å². The van der Waals surface area contributed by atoms with Crippen molar-refractivity contribution in [3.8, 4) is 5.75 Å². The fraction of sp³-hybridized carbons (Fsp3) is 0.500. The monoisotopic (exact) mass is 193 g/mol. The molecule has 0 heterocycles. The summed E-state index contributed by atoms with van der Waals surface area (Å²) < 4.78 is 5.38. The number of hydrogen-bond donors (Lipinski definition) is 1. The molecule has 1 rings (SSSR count). The lowest BCUT2D eigenvalue weighted by atomic mass is 9.98. The van der Waals surface area contributed by atoms with Crippen LogP contribution in [0.1, 0.15) is 31.7 Å². The van der Waals surface area contributed by atoms with Crippen LogP contribution in [0.4, 0.5) is 0 Å². The highest BCUT2D eigenvalue weighted by atomic mass is 16.5. The van der Waals surface area contributed by atoms with E-state index in [9.17, 15) is 0 Å². The van der Waals surface area contributed by atoms with E-state index in [0.717, 1.165) is 25.3 Å². The minimum Gasteiger partial charge on any atom is -0.494 e. The lowest BCUT2D eigenvalue weighted by Gasteiger charge is -2.11. The molecule has 0 saturated heterocycles. The Morgan fingerprint density at radius 3 is 2.43 bits per heavy atom. The standard InChI is InChI=1S/C12H19NO/c1-3-14-12-6-4-11(5-7-12)10(2)8-9-13/h4-7,10H,3,8-9,13H2,1-2H3/t10-/m0/s1. The first kappa shape index (κ1) is 11.1. The summed E-state index contributed by atoms with van der Waals surface area (Å²) >= 11 is 0. The lowest BCUT2D eigenvalue weighted by Crippen LogP contribution is -2.04. The fourth-order valence-corrected chi connectivity index (χ4v) is 1.48. The molecular formula is C12H19NO. The summed E-state index contributed by atoms with van der Waals surface area (Å²) in [5.74, 6) is 1.48. The smallest absolute Gasteiger partial charge is 0.119 e. The normalized spacial score (nSPS) is 12.5. The van der Waals surface area contributed by atoms with E-state index in [0.29, 0.717) is 5.92 Å². The number of rotatable bonds is 5. The topological polar surface area (TPSA) is 35.2 Å². The number of hydrogen-bond acceptors (Lipinski definition) is 2. The molecule has 0 unspecified atom stereocenters. The second-order valence-corrected chi connectivity index (χ2v) is 3.48. The van der Waals surface area contributed by atoms with Crippen LogP contribution in [0.2, 0.25) is 0 Å². The highest BCUT2D eigenvalue weighted by Crippen LogP contribution is 2.21. The van der Waals surface area contributed by atoms with E-state index in [1.807, 2.05) is 19.1 Å². The molecule has 0 radical (unpaired) electrons. The molecular weight excluding hydrogens is 174 g/mol. The van der Waals surface area contributed by atoms with Gasteiger partial charge in [-0.2, -0.15) is 0 Å². The highest BCUT2D eigenvalue weighted by molar-refractivity contribution is 5.29. The van der Waals surface area contributed by atoms with E-state index >= 15 is 0 Å². The average molecular weight is 193 g/mol. The van der Waals surface area contributed by atoms with Crippen LogP contribution in [0, 0.1) is 0 Å². The third-order valence-electron chi connectivity index (χ3n) is 2.36. The van der Waals surface area contributed by atoms with E-state index in [4.69, 9.17) is 10.5 Å². The molecule has 0 aliphatic rings. The minimum absolute atomic E-state index is 0.538. The third-order valence-corrected chi connectivity index (χ3v) is 2.36. The summed E-state index contributed by atoms with van der Waals surface area (Å²) in [6.07, 6.45) is 1.04. The van der Waals surface area contributed by atoms with Gasteiger partial charge in [0.2, 0.25) is 0 Å². The van der Waals surface area contributed by atoms with Gasteiger partial charge in [0.1, 0.15) is 5.75 Å². The van der Waals surface area contributed by atoms with E-state index in [2.05, 4.69) is 19.1 Å². The van der Waals surface area contributed by atoms with Gasteiger partial charge in [0.15, 0.2) is 0 Å². The Morgan fingerprint density at radius 2 is 1.93 bits per heavy atom. The molecule has 0 bridgehead atoms. The van der Waals surface area contributed by atoms with Crippen molar-refractivity contribution < 1.29 is 4.74 Å². The lowest BCUT2D eigenvalue weighted by molar-refractivity contribution is 0.340. The van der Waals surface area contributed by atoms with Crippen molar-refractivity contribution in [2.75, 3.05) is 13.2 Å². The molecule has 14 heavy (non-hydrogen) atoms. The quantitative estimate of drug-likeness (QED) is 0.780. The molecule has 0 aliphatic heterocycles. The predicted molar refractivity (Wildman–Crippen MR) is 59.7 cm³/mol. The fourth-order valence-electron chi connectivity index (χ4n) is 1.48. The van der Waals surface area contributed by atoms with Crippen LogP contribution in [0.5, 0.6) is 5.75 Å². The Kier molecular flexibility index (Phi) is 4.47. The zero-order valence-corrected chi connectivity index (χ0v) is 8.99. The van der Waals surface area contributed by atoms with Gasteiger partial charge in [-0.3, -0.25) is 0 Å². The molecule has 1 aromatic carbocycles. The SMILES string of the molecule is CCOc1ccc([C@@H](C)CCN)cc1. The van der Waals surface area contributed by atoms with Crippen LogP contribution < -0.4 is 10.5 Å². The zero-order valence-electron chi connectivity index (χ0n) is 8.99. The number of benzene rings is 1. The molecule has 0 aromatic heterocycles. The summed E-state index contributed by atoms with van der Waals surface area (Å²) in [6, 6.07) is 8.27. The first-order valence-corrected chi connectivity index (χ1v) is 5.20. The van der Waals surface area contributed by atoms with Crippen molar-refractivity contribution in [2.45, 2.75) is 26.2 Å². The van der Waals surface area contributed by atoms with Crippen LogP contribution in [0.25, 0.3) is 0 Å². The van der Waals surface area contributed by atoms with Crippen LogP contribution in [-0.4, -0.2) is 13.2 Å². The van der Waals surface area contributed by atoms with Gasteiger partial charge in [-0.05, 0) is 43.5 Å². The highest BCUT2D eigenvalue weighted by Gasteiger charge is 2.03. The maximum absolute atomic E-state index is 5.52. The molecule has 2 heteroatoms. The Labute approximate surface area is 86.1 Å². The Hall–Kier alpha value is -1.02. The van der Waals surface area contributed by atoms with E-state index < -0.39 is 0 Å². The Morgan fingerprint density at radius 1 is 1.29 bits per heavy atom. The molecule has 2 nitrogen and oxygen atoms in total. The molecule has 1 atom stereocenters. The average Bonchev–Trinajstić information content (AvgIpc) is 2.20. The molecule has 0 fully saturated rings. The summed E-state index contributed by atoms with van der Waals surface area (Å²) in [7, 11) is 0. The van der Waals surface area contributed by atoms with Crippen molar-refractivity contribution in [2.24, 2.45) is 5.73 Å². The van der Waals surface area contributed by atoms with E-state index in [-0.39, 0.29) is 0 Å². The predicted octanol–water partition coefficient (Wildman–Crippen LogP) is 2.54. The van der Waals surface area contributed by atoms with Crippen LogP contribution in [-0.2, 0) is 0 Å². The van der Waals surface area contributed by atoms with Crippen molar-refractivity contribution in [3.63, 3.8) is 0 Å². The molecule has 0 amide bonds. The maximum atomic E-state index is 5.52. The largest absolute Gasteiger partial charge is 0.494 e. The third kappa shape index (κ3) is 3.04. The first-order valence-electron chi connectivity index (χ1n) is 5.20. The maximum Gasteiger partial charge on any atom is 0.119 e. The van der Waals surface area contributed by atoms with Crippen LogP contribution in [0.3, 0.4) is 0 Å². The molecule has 2 N–H and O–H groups in total.